The number of carbonyl (C=O) groups excluding carboxylic acids is 2. The van der Waals surface area contributed by atoms with Gasteiger partial charge in [0.25, 0.3) is 5.91 Å². The van der Waals surface area contributed by atoms with E-state index >= 15 is 0 Å². The number of amides is 2. The average molecular weight is 558 g/mol. The van der Waals surface area contributed by atoms with E-state index in [0.29, 0.717) is 16.1 Å². The molecule has 0 aliphatic heterocycles. The van der Waals surface area contributed by atoms with Crippen LogP contribution in [-0.4, -0.2) is 35.5 Å². The van der Waals surface area contributed by atoms with Gasteiger partial charge in [-0.25, -0.2) is 4.39 Å². The molecule has 0 aliphatic rings. The molecule has 2 amide bonds. The van der Waals surface area contributed by atoms with Crippen molar-refractivity contribution in [3.8, 4) is 0 Å². The number of hydrogen-bond donors (Lipinski definition) is 1. The Morgan fingerprint density at radius 1 is 1.03 bits per heavy atom. The topological polar surface area (TPSA) is 78.4 Å². The molecule has 0 saturated heterocycles. The predicted octanol–water partition coefficient (Wildman–Crippen LogP) is 5.75. The zero-order valence-corrected chi connectivity index (χ0v) is 22.2. The van der Waals surface area contributed by atoms with Crippen LogP contribution in [-0.2, 0) is 11.3 Å². The number of aromatic nitrogens is 2. The minimum Gasteiger partial charge on any atom is -0.378 e. The summed E-state index contributed by atoms with van der Waals surface area (Å²) < 4.78 is 17.1. The quantitative estimate of drug-likeness (QED) is 0.298. The van der Waals surface area contributed by atoms with E-state index in [4.69, 9.17) is 23.2 Å². The van der Waals surface area contributed by atoms with Crippen LogP contribution in [0.25, 0.3) is 0 Å². The second kappa shape index (κ2) is 11.7. The fourth-order valence-electron chi connectivity index (χ4n) is 3.68. The lowest BCUT2D eigenvalue weighted by atomic mass is 10.0. The maximum atomic E-state index is 13.8. The number of anilines is 2. The molecule has 4 rings (SSSR count). The fourth-order valence-corrected chi connectivity index (χ4v) is 4.61. The molecule has 190 valence electrons. The van der Waals surface area contributed by atoms with E-state index in [-0.39, 0.29) is 28.8 Å². The highest BCUT2D eigenvalue weighted by molar-refractivity contribution is 7.03. The first-order valence-electron chi connectivity index (χ1n) is 11.1. The Bertz CT molecular complexity index is 1380. The van der Waals surface area contributed by atoms with Crippen LogP contribution in [0.2, 0.25) is 10.0 Å². The lowest BCUT2D eigenvalue weighted by Gasteiger charge is -2.32. The molecular weight excluding hydrogens is 536 g/mol. The van der Waals surface area contributed by atoms with Crippen molar-refractivity contribution in [2.45, 2.75) is 12.6 Å². The molecule has 1 N–H and O–H groups in total. The second-order valence-electron chi connectivity index (χ2n) is 8.29. The first-order valence-corrected chi connectivity index (χ1v) is 12.7. The van der Waals surface area contributed by atoms with E-state index in [1.54, 1.807) is 36.4 Å². The summed E-state index contributed by atoms with van der Waals surface area (Å²) in [7, 11) is 3.81. The Labute approximate surface area is 227 Å². The summed E-state index contributed by atoms with van der Waals surface area (Å²) in [5, 5.41) is 8.85. The summed E-state index contributed by atoms with van der Waals surface area (Å²) in [6, 6.07) is 16.6. The number of hydrogen-bond acceptors (Lipinski definition) is 6. The number of nitrogens with zero attached hydrogens (tertiary/aromatic N) is 4. The van der Waals surface area contributed by atoms with Gasteiger partial charge in [0.05, 0.1) is 10.7 Å². The number of rotatable bonds is 8. The molecule has 0 aliphatic carbocycles. The van der Waals surface area contributed by atoms with Crippen LogP contribution >= 0.6 is 34.7 Å². The van der Waals surface area contributed by atoms with Crippen LogP contribution in [0.5, 0.6) is 0 Å². The first-order chi connectivity index (χ1) is 17.7. The van der Waals surface area contributed by atoms with Gasteiger partial charge in [0.2, 0.25) is 5.91 Å². The molecule has 0 fully saturated rings. The molecule has 0 radical (unpaired) electrons. The van der Waals surface area contributed by atoms with Gasteiger partial charge in [0.15, 0.2) is 5.69 Å². The number of nitrogens with one attached hydrogen (secondary N) is 1. The van der Waals surface area contributed by atoms with E-state index in [1.807, 2.05) is 31.1 Å². The number of halogens is 3. The van der Waals surface area contributed by atoms with Gasteiger partial charge >= 0.3 is 0 Å². The Morgan fingerprint density at radius 3 is 2.32 bits per heavy atom. The molecule has 1 heterocycles. The minimum atomic E-state index is -1.12. The van der Waals surface area contributed by atoms with Crippen molar-refractivity contribution in [3.05, 3.63) is 105 Å². The third-order valence-corrected chi connectivity index (χ3v) is 6.62. The fraction of sp³-hybridized carbons (Fsp3) is 0.154. The normalized spacial score (nSPS) is 11.6. The summed E-state index contributed by atoms with van der Waals surface area (Å²) in [6.45, 7) is 0.125. The zero-order valence-electron chi connectivity index (χ0n) is 19.9. The monoisotopic (exact) mass is 557 g/mol. The van der Waals surface area contributed by atoms with Crippen molar-refractivity contribution < 1.29 is 14.0 Å². The third-order valence-electron chi connectivity index (χ3n) is 5.58. The molecule has 3 aromatic carbocycles. The van der Waals surface area contributed by atoms with Crippen molar-refractivity contribution in [1.82, 2.24) is 14.9 Å². The van der Waals surface area contributed by atoms with Gasteiger partial charge in [0, 0.05) is 36.7 Å². The van der Waals surface area contributed by atoms with Gasteiger partial charge in [0.1, 0.15) is 11.9 Å². The first kappa shape index (κ1) is 26.5. The summed E-state index contributed by atoms with van der Waals surface area (Å²) in [5.41, 5.74) is 2.51. The summed E-state index contributed by atoms with van der Waals surface area (Å²) in [5.74, 6) is -1.40. The van der Waals surface area contributed by atoms with E-state index < -0.39 is 17.9 Å². The van der Waals surface area contributed by atoms with Crippen LogP contribution in [0, 0.1) is 5.82 Å². The van der Waals surface area contributed by atoms with Crippen molar-refractivity contribution in [3.63, 3.8) is 0 Å². The summed E-state index contributed by atoms with van der Waals surface area (Å²) >= 11 is 13.7. The van der Waals surface area contributed by atoms with Crippen molar-refractivity contribution in [2.24, 2.45) is 0 Å². The largest absolute Gasteiger partial charge is 0.378 e. The minimum absolute atomic E-state index is 0.0669. The summed E-state index contributed by atoms with van der Waals surface area (Å²) in [4.78, 5) is 30.8. The Morgan fingerprint density at radius 2 is 1.73 bits per heavy atom. The van der Waals surface area contributed by atoms with Gasteiger partial charge in [-0.1, -0.05) is 52.0 Å². The molecule has 1 atom stereocenters. The standard InChI is InChI=1S/C26H22Cl2FN5O2S/c1-33(2)20-10-5-17(6-11-20)24(25(35)30-14-16-3-8-19(29)9-4-16)34(26(36)22-15-37-32-31-22)23-12-7-18(27)13-21(23)28/h3-13,15,24H,14H2,1-2H3,(H,30,35)/t24-/m0/s1. The van der Waals surface area contributed by atoms with Gasteiger partial charge in [-0.15, -0.1) is 5.10 Å². The predicted molar refractivity (Wildman–Crippen MR) is 145 cm³/mol. The van der Waals surface area contributed by atoms with Crippen LogP contribution < -0.4 is 15.1 Å². The van der Waals surface area contributed by atoms with Crippen LogP contribution in [0.4, 0.5) is 15.8 Å². The third kappa shape index (κ3) is 6.25. The molecule has 0 spiro atoms. The maximum Gasteiger partial charge on any atom is 0.280 e. The Kier molecular flexibility index (Phi) is 8.38. The van der Waals surface area contributed by atoms with Crippen molar-refractivity contribution >= 4 is 57.9 Å². The molecule has 37 heavy (non-hydrogen) atoms. The Balaban J connectivity index is 1.80. The SMILES string of the molecule is CN(C)c1ccc([C@@H](C(=O)NCc2ccc(F)cc2)N(C(=O)c2csnn2)c2ccc(Cl)cc2Cl)cc1. The smallest absolute Gasteiger partial charge is 0.280 e. The van der Waals surface area contributed by atoms with Crippen LogP contribution in [0.1, 0.15) is 27.7 Å². The number of carbonyl (C=O) groups is 2. The van der Waals surface area contributed by atoms with E-state index in [2.05, 4.69) is 14.9 Å². The second-order valence-corrected chi connectivity index (χ2v) is 9.75. The van der Waals surface area contributed by atoms with Gasteiger partial charge < -0.3 is 10.2 Å². The molecule has 1 aromatic heterocycles. The van der Waals surface area contributed by atoms with Gasteiger partial charge in [-0.3, -0.25) is 14.5 Å². The average Bonchev–Trinajstić information content (AvgIpc) is 3.42. The highest BCUT2D eigenvalue weighted by atomic mass is 35.5. The van der Waals surface area contributed by atoms with E-state index in [9.17, 15) is 14.0 Å². The van der Waals surface area contributed by atoms with Gasteiger partial charge in [-0.05, 0) is 65.1 Å². The molecule has 0 bridgehead atoms. The molecule has 0 unspecified atom stereocenters. The van der Waals surface area contributed by atoms with E-state index in [0.717, 1.165) is 17.2 Å². The lowest BCUT2D eigenvalue weighted by molar-refractivity contribution is -0.122. The number of benzene rings is 3. The van der Waals surface area contributed by atoms with Crippen LogP contribution in [0.3, 0.4) is 0 Å². The molecule has 11 heteroatoms. The van der Waals surface area contributed by atoms with Gasteiger partial charge in [-0.2, -0.15) is 0 Å². The Hall–Kier alpha value is -3.53. The van der Waals surface area contributed by atoms with Crippen LogP contribution in [0.15, 0.2) is 72.1 Å². The molecule has 0 saturated carbocycles. The highest BCUT2D eigenvalue weighted by Gasteiger charge is 2.35. The summed E-state index contributed by atoms with van der Waals surface area (Å²) in [6.07, 6.45) is 0. The molecule has 4 aromatic rings. The molecule has 7 nitrogen and oxygen atoms in total. The maximum absolute atomic E-state index is 13.8. The van der Waals surface area contributed by atoms with E-state index in [1.165, 1.54) is 28.5 Å². The molecular formula is C26H22Cl2FN5O2S. The zero-order chi connectivity index (χ0) is 26.5. The van der Waals surface area contributed by atoms with Crippen molar-refractivity contribution in [1.29, 1.82) is 0 Å². The van der Waals surface area contributed by atoms with Crippen molar-refractivity contribution in [2.75, 3.05) is 23.9 Å². The highest BCUT2D eigenvalue weighted by Crippen LogP contribution is 2.36. The lowest BCUT2D eigenvalue weighted by Crippen LogP contribution is -2.44.